The van der Waals surface area contributed by atoms with E-state index in [4.69, 9.17) is 9.79 Å². The van der Waals surface area contributed by atoms with Crippen LogP contribution in [0.2, 0.25) is 0 Å². The molecule has 2 unspecified atom stereocenters. The Labute approximate surface area is 78.2 Å². The highest BCUT2D eigenvalue weighted by Gasteiger charge is 2.32. The Balaban J connectivity index is 2.58. The van der Waals surface area contributed by atoms with Crippen LogP contribution in [-0.4, -0.2) is 36.0 Å². The quantitative estimate of drug-likeness (QED) is 0.522. The molecule has 0 spiro atoms. The predicted molar refractivity (Wildman–Crippen MR) is 42.9 cm³/mol. The number of nitrogens with one attached hydrogen (secondary N) is 1. The van der Waals surface area contributed by atoms with Gasteiger partial charge in [-0.1, -0.05) is 0 Å². The van der Waals surface area contributed by atoms with Gasteiger partial charge in [-0.2, -0.15) is 5.10 Å². The van der Waals surface area contributed by atoms with E-state index in [0.29, 0.717) is 0 Å². The molecule has 1 heterocycles. The van der Waals surface area contributed by atoms with Crippen molar-refractivity contribution < 1.29 is 23.8 Å². The van der Waals surface area contributed by atoms with Crippen LogP contribution in [0, 0.1) is 0 Å². The molecule has 0 amide bonds. The lowest BCUT2D eigenvalue weighted by Gasteiger charge is -2.12. The zero-order valence-electron chi connectivity index (χ0n) is 6.91. The number of aliphatic hydroxyl groups is 1. The molecule has 0 saturated heterocycles. The lowest BCUT2D eigenvalue weighted by atomic mass is 10.2. The van der Waals surface area contributed by atoms with Crippen LogP contribution >= 0.6 is 7.60 Å². The molecule has 1 rings (SSSR count). The molecule has 7 nitrogen and oxygen atoms in total. The Morgan fingerprint density at radius 2 is 2.29 bits per heavy atom. The summed E-state index contributed by atoms with van der Waals surface area (Å²) in [6.07, 6.45) is -0.991. The molecule has 0 saturated carbocycles. The summed E-state index contributed by atoms with van der Waals surface area (Å²) in [6, 6.07) is 0. The van der Waals surface area contributed by atoms with Gasteiger partial charge in [-0.25, -0.2) is 9.37 Å². The summed E-state index contributed by atoms with van der Waals surface area (Å²) in [6.45, 7) is 0. The van der Waals surface area contributed by atoms with Crippen LogP contribution in [-0.2, 0) is 4.57 Å². The highest BCUT2D eigenvalue weighted by atomic mass is 31.2. The highest BCUT2D eigenvalue weighted by Crippen LogP contribution is 2.45. The van der Waals surface area contributed by atoms with Crippen molar-refractivity contribution in [3.05, 3.63) is 12.2 Å². The molecule has 4 N–H and O–H groups in total. The van der Waals surface area contributed by atoms with Gasteiger partial charge in [0, 0.05) is 6.42 Å². The van der Waals surface area contributed by atoms with Crippen molar-refractivity contribution >= 4 is 7.60 Å². The van der Waals surface area contributed by atoms with E-state index < -0.39 is 26.0 Å². The van der Waals surface area contributed by atoms with Gasteiger partial charge in [-0.3, -0.25) is 9.66 Å². The van der Waals surface area contributed by atoms with Gasteiger partial charge in [0.05, 0.1) is 0 Å². The number of hydrogen-bond acceptors (Lipinski definition) is 4. The summed E-state index contributed by atoms with van der Waals surface area (Å²) in [4.78, 5) is 20.3. The van der Waals surface area contributed by atoms with E-state index in [1.807, 2.05) is 0 Å². The minimum absolute atomic E-state index is 0.0962. The van der Waals surface area contributed by atoms with Gasteiger partial charge in [-0.15, -0.1) is 0 Å². The molecule has 0 radical (unpaired) electrons. The van der Waals surface area contributed by atoms with Crippen molar-refractivity contribution in [1.29, 1.82) is 0 Å². The van der Waals surface area contributed by atoms with Crippen molar-refractivity contribution in [3.63, 3.8) is 0 Å². The number of nitrogens with zero attached hydrogens (tertiary/aromatic N) is 2. The van der Waals surface area contributed by atoms with Gasteiger partial charge in [-0.05, 0) is 0 Å². The Kier molecular flexibility index (Phi) is 3.33. The molecule has 0 bridgehead atoms. The monoisotopic (exact) mass is 225 g/mol. The Hall–Kier alpha value is -0.820. The van der Waals surface area contributed by atoms with E-state index in [-0.39, 0.29) is 5.82 Å². The largest absolute Gasteiger partial charge is 0.385 e. The molecule has 9 heteroatoms. The van der Waals surface area contributed by atoms with Crippen molar-refractivity contribution in [2.75, 3.05) is 0 Å². The van der Waals surface area contributed by atoms with E-state index in [2.05, 4.69) is 15.2 Å². The fourth-order valence-electron chi connectivity index (χ4n) is 0.806. The smallest absolute Gasteiger partial charge is 0.359 e. The van der Waals surface area contributed by atoms with E-state index >= 15 is 0 Å². The molecule has 0 aliphatic heterocycles. The number of alkyl halides is 1. The summed E-state index contributed by atoms with van der Waals surface area (Å²) >= 11 is 0. The van der Waals surface area contributed by atoms with Gasteiger partial charge >= 0.3 is 7.60 Å². The summed E-state index contributed by atoms with van der Waals surface area (Å²) < 4.78 is 23.2. The van der Waals surface area contributed by atoms with Gasteiger partial charge in [0.25, 0.3) is 0 Å². The number of hydrogen-bond donors (Lipinski definition) is 4. The number of aliphatic hydroxyl groups excluding tert-OH is 1. The average Bonchev–Trinajstić information content (AvgIpc) is 2.53. The summed E-state index contributed by atoms with van der Waals surface area (Å²) in [5.41, 5.74) is 0. The normalized spacial score (nSPS) is 16.6. The first-order valence-electron chi connectivity index (χ1n) is 3.64. The maximum absolute atomic E-state index is 12.8. The van der Waals surface area contributed by atoms with Gasteiger partial charge < -0.3 is 14.9 Å². The molecule has 2 atom stereocenters. The van der Waals surface area contributed by atoms with Gasteiger partial charge in [0.2, 0.25) is 5.91 Å². The third-order valence-corrected chi connectivity index (χ3v) is 2.46. The first-order valence-corrected chi connectivity index (χ1v) is 5.32. The lowest BCUT2D eigenvalue weighted by Crippen LogP contribution is -2.09. The minimum Gasteiger partial charge on any atom is -0.385 e. The third kappa shape index (κ3) is 2.85. The second-order valence-electron chi connectivity index (χ2n) is 2.63. The van der Waals surface area contributed by atoms with Crippen molar-refractivity contribution in [1.82, 2.24) is 15.2 Å². The predicted octanol–water partition coefficient (Wildman–Crippen LogP) is -0.299. The highest BCUT2D eigenvalue weighted by molar-refractivity contribution is 7.52. The Bertz CT molecular complexity index is 326. The summed E-state index contributed by atoms with van der Waals surface area (Å²) in [7, 11) is -4.80. The van der Waals surface area contributed by atoms with Crippen molar-refractivity contribution in [2.45, 2.75) is 18.4 Å². The summed E-state index contributed by atoms with van der Waals surface area (Å²) in [5, 5.41) is 14.9. The van der Waals surface area contributed by atoms with Crippen LogP contribution in [0.4, 0.5) is 4.39 Å². The standard InChI is InChI=1S/C5H9FN3O4P/c6-4(14(11,12)13)1-3(10)5-7-2-8-9-5/h2-4,10H,1H2,(H,7,8,9)(H2,11,12,13). The second-order valence-corrected chi connectivity index (χ2v) is 4.37. The maximum atomic E-state index is 12.8. The molecule has 1 aromatic heterocycles. The zero-order chi connectivity index (χ0) is 10.8. The van der Waals surface area contributed by atoms with Crippen LogP contribution in [0.1, 0.15) is 18.3 Å². The molecule has 0 aromatic carbocycles. The van der Waals surface area contributed by atoms with E-state index in [9.17, 15) is 14.1 Å². The van der Waals surface area contributed by atoms with Gasteiger partial charge in [0.15, 0.2) is 5.82 Å². The number of H-pyrrole nitrogens is 1. The number of aromatic nitrogens is 3. The third-order valence-electron chi connectivity index (χ3n) is 1.51. The molecule has 0 aliphatic rings. The molecule has 1 aromatic rings. The van der Waals surface area contributed by atoms with Gasteiger partial charge in [0.1, 0.15) is 12.4 Å². The molecule has 80 valence electrons. The van der Waals surface area contributed by atoms with Crippen molar-refractivity contribution in [2.24, 2.45) is 0 Å². The SMILES string of the molecule is O=P(O)(O)C(F)CC(O)c1nc[nH]n1. The maximum Gasteiger partial charge on any atom is 0.359 e. The number of rotatable bonds is 4. The van der Waals surface area contributed by atoms with Crippen LogP contribution in [0.5, 0.6) is 0 Å². The molecule has 14 heavy (non-hydrogen) atoms. The lowest BCUT2D eigenvalue weighted by molar-refractivity contribution is 0.130. The van der Waals surface area contributed by atoms with Crippen LogP contribution in [0.25, 0.3) is 0 Å². The van der Waals surface area contributed by atoms with Crippen LogP contribution < -0.4 is 0 Å². The van der Waals surface area contributed by atoms with E-state index in [1.165, 1.54) is 6.33 Å². The topological polar surface area (TPSA) is 119 Å². The molecular weight excluding hydrogens is 216 g/mol. The first kappa shape index (κ1) is 11.3. The van der Waals surface area contributed by atoms with Crippen molar-refractivity contribution in [3.8, 4) is 0 Å². The number of aromatic amines is 1. The molecular formula is C5H9FN3O4P. The number of halogens is 1. The Morgan fingerprint density at radius 1 is 1.64 bits per heavy atom. The summed E-state index contributed by atoms with van der Waals surface area (Å²) in [5.74, 6) is -2.50. The fourth-order valence-corrected chi connectivity index (χ4v) is 1.28. The molecule has 0 aliphatic carbocycles. The second kappa shape index (κ2) is 4.14. The van der Waals surface area contributed by atoms with E-state index in [1.54, 1.807) is 0 Å². The average molecular weight is 225 g/mol. The fraction of sp³-hybridized carbons (Fsp3) is 0.600. The minimum atomic E-state index is -4.80. The zero-order valence-corrected chi connectivity index (χ0v) is 7.80. The Morgan fingerprint density at radius 3 is 2.71 bits per heavy atom. The first-order chi connectivity index (χ1) is 6.41. The molecule has 0 fully saturated rings. The van der Waals surface area contributed by atoms with Crippen LogP contribution in [0.3, 0.4) is 0 Å². The van der Waals surface area contributed by atoms with Crippen LogP contribution in [0.15, 0.2) is 6.33 Å². The van der Waals surface area contributed by atoms with E-state index in [0.717, 1.165) is 0 Å².